The summed E-state index contributed by atoms with van der Waals surface area (Å²) in [5.74, 6) is 0.906. The van der Waals surface area contributed by atoms with Crippen molar-refractivity contribution in [2.75, 3.05) is 19.7 Å². The maximum Gasteiger partial charge on any atom is 0.226 e. The highest BCUT2D eigenvalue weighted by Gasteiger charge is 2.35. The van der Waals surface area contributed by atoms with Crippen LogP contribution in [0.3, 0.4) is 0 Å². The van der Waals surface area contributed by atoms with Gasteiger partial charge in [0.1, 0.15) is 0 Å². The second kappa shape index (κ2) is 6.02. The third-order valence-electron chi connectivity index (χ3n) is 4.46. The summed E-state index contributed by atoms with van der Waals surface area (Å²) >= 11 is 0. The molecule has 4 heteroatoms. The van der Waals surface area contributed by atoms with Gasteiger partial charge in [-0.1, -0.05) is 13.8 Å². The van der Waals surface area contributed by atoms with Gasteiger partial charge >= 0.3 is 0 Å². The molecule has 1 aliphatic heterocycles. The van der Waals surface area contributed by atoms with E-state index >= 15 is 0 Å². The lowest BCUT2D eigenvalue weighted by Crippen LogP contribution is -2.50. The first-order chi connectivity index (χ1) is 8.61. The molecular weight excluding hydrogens is 228 g/mol. The van der Waals surface area contributed by atoms with Gasteiger partial charge in [-0.15, -0.1) is 0 Å². The Balaban J connectivity index is 1.96. The number of ether oxygens (including phenoxy) is 1. The average Bonchev–Trinajstić information content (AvgIpc) is 2.41. The fourth-order valence-corrected chi connectivity index (χ4v) is 3.10. The molecule has 18 heavy (non-hydrogen) atoms. The van der Waals surface area contributed by atoms with E-state index in [1.54, 1.807) is 0 Å². The molecule has 0 aromatic rings. The fourth-order valence-electron chi connectivity index (χ4n) is 3.10. The molecule has 1 aliphatic carbocycles. The van der Waals surface area contributed by atoms with Crippen molar-refractivity contribution in [1.82, 2.24) is 4.90 Å². The lowest BCUT2D eigenvalue weighted by Gasteiger charge is -2.38. The molecular formula is C14H26N2O2. The minimum Gasteiger partial charge on any atom is -0.375 e. The van der Waals surface area contributed by atoms with E-state index < -0.39 is 0 Å². The van der Waals surface area contributed by atoms with E-state index in [0.717, 1.165) is 38.8 Å². The van der Waals surface area contributed by atoms with Crippen LogP contribution in [0.1, 0.15) is 39.5 Å². The Labute approximate surface area is 110 Å². The summed E-state index contributed by atoms with van der Waals surface area (Å²) < 4.78 is 5.62. The normalized spacial score (nSPS) is 37.6. The molecule has 0 spiro atoms. The molecule has 0 aromatic heterocycles. The topological polar surface area (TPSA) is 55.6 Å². The first-order valence-electron chi connectivity index (χ1n) is 7.27. The molecule has 1 saturated heterocycles. The Morgan fingerprint density at radius 3 is 2.94 bits per heavy atom. The molecule has 1 saturated carbocycles. The monoisotopic (exact) mass is 254 g/mol. The van der Waals surface area contributed by atoms with Gasteiger partial charge in [-0.05, 0) is 31.6 Å². The quantitative estimate of drug-likeness (QED) is 0.810. The minimum absolute atomic E-state index is 0.129. The summed E-state index contributed by atoms with van der Waals surface area (Å²) in [6.45, 7) is 6.48. The zero-order valence-corrected chi connectivity index (χ0v) is 11.6. The van der Waals surface area contributed by atoms with Crippen LogP contribution >= 0.6 is 0 Å². The van der Waals surface area contributed by atoms with E-state index in [-0.39, 0.29) is 18.1 Å². The Morgan fingerprint density at radius 1 is 1.44 bits per heavy atom. The molecule has 1 amide bonds. The van der Waals surface area contributed by atoms with Crippen molar-refractivity contribution < 1.29 is 9.53 Å². The highest BCUT2D eigenvalue weighted by molar-refractivity contribution is 5.79. The number of hydrogen-bond donors (Lipinski definition) is 1. The Bertz CT molecular complexity index is 296. The van der Waals surface area contributed by atoms with Crippen molar-refractivity contribution >= 4 is 5.91 Å². The Kier molecular flexibility index (Phi) is 4.62. The summed E-state index contributed by atoms with van der Waals surface area (Å²) in [6.07, 6.45) is 4.19. The summed E-state index contributed by atoms with van der Waals surface area (Å²) in [5, 5.41) is 0. The van der Waals surface area contributed by atoms with Crippen LogP contribution in [-0.4, -0.2) is 42.6 Å². The van der Waals surface area contributed by atoms with Gasteiger partial charge in [0.2, 0.25) is 5.91 Å². The first-order valence-corrected chi connectivity index (χ1v) is 7.27. The number of carbonyl (C=O) groups excluding carboxylic acids is 1. The summed E-state index contributed by atoms with van der Waals surface area (Å²) in [6, 6.07) is 0.207. The third-order valence-corrected chi connectivity index (χ3v) is 4.46. The second-order valence-corrected chi connectivity index (χ2v) is 5.84. The second-order valence-electron chi connectivity index (χ2n) is 5.84. The van der Waals surface area contributed by atoms with E-state index in [2.05, 4.69) is 13.8 Å². The minimum atomic E-state index is 0.129. The van der Waals surface area contributed by atoms with Gasteiger partial charge in [0.25, 0.3) is 0 Å². The maximum atomic E-state index is 12.6. The molecule has 4 unspecified atom stereocenters. The number of hydrogen-bond acceptors (Lipinski definition) is 3. The molecule has 4 atom stereocenters. The summed E-state index contributed by atoms with van der Waals surface area (Å²) in [5.41, 5.74) is 6.01. The average molecular weight is 254 g/mol. The number of nitrogens with zero attached hydrogens (tertiary/aromatic N) is 1. The molecule has 2 N–H and O–H groups in total. The van der Waals surface area contributed by atoms with Crippen molar-refractivity contribution in [3.8, 4) is 0 Å². The molecule has 2 rings (SSSR count). The van der Waals surface area contributed by atoms with Crippen LogP contribution in [0.25, 0.3) is 0 Å². The smallest absolute Gasteiger partial charge is 0.226 e. The maximum absolute atomic E-state index is 12.6. The predicted molar refractivity (Wildman–Crippen MR) is 71.1 cm³/mol. The fraction of sp³-hybridized carbons (Fsp3) is 0.929. The van der Waals surface area contributed by atoms with E-state index in [4.69, 9.17) is 10.5 Å². The third kappa shape index (κ3) is 3.04. The highest BCUT2D eigenvalue weighted by atomic mass is 16.5. The number of amides is 1. The zero-order valence-electron chi connectivity index (χ0n) is 11.6. The first kappa shape index (κ1) is 13.8. The summed E-state index contributed by atoms with van der Waals surface area (Å²) in [7, 11) is 0. The van der Waals surface area contributed by atoms with Crippen LogP contribution in [-0.2, 0) is 9.53 Å². The highest BCUT2D eigenvalue weighted by Crippen LogP contribution is 2.31. The molecule has 2 fully saturated rings. The van der Waals surface area contributed by atoms with E-state index in [1.165, 1.54) is 0 Å². The van der Waals surface area contributed by atoms with E-state index in [0.29, 0.717) is 18.4 Å². The molecule has 0 bridgehead atoms. The van der Waals surface area contributed by atoms with E-state index in [9.17, 15) is 4.79 Å². The van der Waals surface area contributed by atoms with Crippen molar-refractivity contribution in [3.05, 3.63) is 0 Å². The van der Waals surface area contributed by atoms with E-state index in [1.807, 2.05) is 4.90 Å². The number of rotatable bonds is 2. The van der Waals surface area contributed by atoms with Crippen LogP contribution in [0.4, 0.5) is 0 Å². The van der Waals surface area contributed by atoms with Crippen LogP contribution in [0.2, 0.25) is 0 Å². The van der Waals surface area contributed by atoms with Crippen LogP contribution < -0.4 is 5.73 Å². The number of carbonyl (C=O) groups is 1. The van der Waals surface area contributed by atoms with Gasteiger partial charge in [0.15, 0.2) is 0 Å². The number of morpholine rings is 1. The van der Waals surface area contributed by atoms with Crippen LogP contribution in [0.15, 0.2) is 0 Å². The Hall–Kier alpha value is -0.610. The molecule has 104 valence electrons. The number of nitrogens with two attached hydrogens (primary N) is 1. The van der Waals surface area contributed by atoms with Gasteiger partial charge in [-0.25, -0.2) is 0 Å². The largest absolute Gasteiger partial charge is 0.375 e. The van der Waals surface area contributed by atoms with Gasteiger partial charge in [-0.3, -0.25) is 4.79 Å². The van der Waals surface area contributed by atoms with Crippen molar-refractivity contribution in [1.29, 1.82) is 0 Å². The molecule has 1 heterocycles. The van der Waals surface area contributed by atoms with Gasteiger partial charge in [0, 0.05) is 25.0 Å². The molecule has 4 nitrogen and oxygen atoms in total. The molecule has 0 radical (unpaired) electrons. The van der Waals surface area contributed by atoms with Crippen molar-refractivity contribution in [2.45, 2.75) is 51.7 Å². The van der Waals surface area contributed by atoms with Gasteiger partial charge < -0.3 is 15.4 Å². The molecule has 2 aliphatic rings. The van der Waals surface area contributed by atoms with Gasteiger partial charge in [0.05, 0.1) is 12.7 Å². The lowest BCUT2D eigenvalue weighted by atomic mass is 9.77. The van der Waals surface area contributed by atoms with Crippen LogP contribution in [0, 0.1) is 11.8 Å². The van der Waals surface area contributed by atoms with Crippen molar-refractivity contribution in [2.24, 2.45) is 17.6 Å². The summed E-state index contributed by atoms with van der Waals surface area (Å²) in [4.78, 5) is 14.6. The SMILES string of the molecule is CCC1CN(C(=O)C2CC(N)CCC2C)CCO1. The molecule has 0 aromatic carbocycles. The predicted octanol–water partition coefficient (Wildman–Crippen LogP) is 1.39. The zero-order chi connectivity index (χ0) is 13.1. The van der Waals surface area contributed by atoms with Crippen LogP contribution in [0.5, 0.6) is 0 Å². The van der Waals surface area contributed by atoms with Crippen molar-refractivity contribution in [3.63, 3.8) is 0 Å². The van der Waals surface area contributed by atoms with Gasteiger partial charge in [-0.2, -0.15) is 0 Å². The lowest BCUT2D eigenvalue weighted by molar-refractivity contribution is -0.146. The Morgan fingerprint density at radius 2 is 2.22 bits per heavy atom. The standard InChI is InChI=1S/C14H26N2O2/c1-3-12-9-16(6-7-18-12)14(17)13-8-11(15)5-4-10(13)2/h10-13H,3-9,15H2,1-2H3.